The van der Waals surface area contributed by atoms with E-state index in [0.717, 1.165) is 12.8 Å². The lowest BCUT2D eigenvalue weighted by molar-refractivity contribution is 0.0493. The smallest absolute Gasteiger partial charge is 0.407 e. The fourth-order valence-electron chi connectivity index (χ4n) is 1.83. The van der Waals surface area contributed by atoms with Gasteiger partial charge in [0, 0.05) is 12.6 Å². The van der Waals surface area contributed by atoms with Crippen LogP contribution in [0.15, 0.2) is 12.7 Å². The van der Waals surface area contributed by atoms with E-state index in [2.05, 4.69) is 11.9 Å². The summed E-state index contributed by atoms with van der Waals surface area (Å²) in [6, 6.07) is 0.0341. The molecule has 0 aliphatic carbocycles. The number of allylic oxidation sites excluding steroid dienone is 1. The molecule has 2 N–H and O–H groups in total. The van der Waals surface area contributed by atoms with E-state index >= 15 is 0 Å². The first-order chi connectivity index (χ1) is 8.73. The summed E-state index contributed by atoms with van der Waals surface area (Å²) in [6.45, 7) is 13.4. The number of carbonyl (C=O) groups excluding carboxylic acids is 1. The summed E-state index contributed by atoms with van der Waals surface area (Å²) in [5, 5.41) is 12.1. The number of hydrogen-bond donors (Lipinski definition) is 2. The molecule has 0 spiro atoms. The van der Waals surface area contributed by atoms with Crippen LogP contribution in [0.4, 0.5) is 4.79 Å². The van der Waals surface area contributed by atoms with E-state index in [0.29, 0.717) is 0 Å². The molecule has 1 unspecified atom stereocenters. The average molecular weight is 271 g/mol. The van der Waals surface area contributed by atoms with Crippen LogP contribution < -0.4 is 5.32 Å². The van der Waals surface area contributed by atoms with Gasteiger partial charge in [0.05, 0.1) is 0 Å². The normalized spacial score (nSPS) is 16.3. The van der Waals surface area contributed by atoms with Gasteiger partial charge in [-0.3, -0.25) is 0 Å². The van der Waals surface area contributed by atoms with Gasteiger partial charge >= 0.3 is 6.09 Å². The lowest BCUT2D eigenvalue weighted by Gasteiger charge is -2.26. The van der Waals surface area contributed by atoms with E-state index in [1.54, 1.807) is 0 Å². The van der Waals surface area contributed by atoms with E-state index < -0.39 is 5.60 Å². The van der Waals surface area contributed by atoms with Crippen molar-refractivity contribution in [3.63, 3.8) is 0 Å². The second kappa shape index (κ2) is 8.20. The second-order valence-electron chi connectivity index (χ2n) is 6.05. The van der Waals surface area contributed by atoms with E-state index in [1.807, 2.05) is 40.7 Å². The number of rotatable bonds is 7. The number of aliphatic hydroxyl groups excluding tert-OH is 1. The minimum atomic E-state index is -0.487. The summed E-state index contributed by atoms with van der Waals surface area (Å²) in [6.07, 6.45) is 3.04. The Bertz CT molecular complexity index is 284. The van der Waals surface area contributed by atoms with Gasteiger partial charge in [-0.2, -0.15) is 0 Å². The standard InChI is InChI=1S/C15H29NO3/c1-7-12(11(3)10-17)9-13(8-2)16-14(18)19-15(4,5)6/h7,11-13,17H,1,8-10H2,2-6H3,(H,16,18)/t11-,12?,13+/m1/s1. The van der Waals surface area contributed by atoms with Crippen molar-refractivity contribution in [3.8, 4) is 0 Å². The third kappa shape index (κ3) is 7.88. The van der Waals surface area contributed by atoms with E-state index in [9.17, 15) is 9.90 Å². The summed E-state index contributed by atoms with van der Waals surface area (Å²) < 4.78 is 5.25. The number of amides is 1. The van der Waals surface area contributed by atoms with Crippen LogP contribution in [0, 0.1) is 11.8 Å². The van der Waals surface area contributed by atoms with Gasteiger partial charge in [0.15, 0.2) is 0 Å². The summed E-state index contributed by atoms with van der Waals surface area (Å²) in [7, 11) is 0. The summed E-state index contributed by atoms with van der Waals surface area (Å²) in [4.78, 5) is 11.7. The Morgan fingerprint density at radius 1 is 1.47 bits per heavy atom. The van der Waals surface area contributed by atoms with Crippen LogP contribution in [0.25, 0.3) is 0 Å². The number of alkyl carbamates (subject to hydrolysis) is 1. The lowest BCUT2D eigenvalue weighted by atomic mass is 9.88. The second-order valence-corrected chi connectivity index (χ2v) is 6.05. The van der Waals surface area contributed by atoms with Crippen LogP contribution in [-0.2, 0) is 4.74 Å². The fraction of sp³-hybridized carbons (Fsp3) is 0.800. The molecule has 0 aliphatic heterocycles. The predicted molar refractivity (Wildman–Crippen MR) is 78.0 cm³/mol. The van der Waals surface area contributed by atoms with Crippen molar-refractivity contribution in [3.05, 3.63) is 12.7 Å². The fourth-order valence-corrected chi connectivity index (χ4v) is 1.83. The number of hydrogen-bond acceptors (Lipinski definition) is 3. The number of carbonyl (C=O) groups is 1. The van der Waals surface area contributed by atoms with Crippen molar-refractivity contribution in [2.75, 3.05) is 6.61 Å². The first kappa shape index (κ1) is 18.0. The molecule has 0 aliphatic rings. The minimum absolute atomic E-state index is 0.0341. The Hall–Kier alpha value is -1.03. The molecular weight excluding hydrogens is 242 g/mol. The molecule has 0 rings (SSSR count). The molecular formula is C15H29NO3. The highest BCUT2D eigenvalue weighted by Gasteiger charge is 2.22. The summed E-state index contributed by atoms with van der Waals surface area (Å²) >= 11 is 0. The highest BCUT2D eigenvalue weighted by molar-refractivity contribution is 5.68. The van der Waals surface area contributed by atoms with Crippen molar-refractivity contribution in [2.24, 2.45) is 11.8 Å². The van der Waals surface area contributed by atoms with Crippen molar-refractivity contribution in [2.45, 2.75) is 59.1 Å². The van der Waals surface area contributed by atoms with Gasteiger partial charge in [0.2, 0.25) is 0 Å². The number of ether oxygens (including phenoxy) is 1. The van der Waals surface area contributed by atoms with Crippen LogP contribution in [-0.4, -0.2) is 29.4 Å². The molecule has 4 heteroatoms. The molecule has 0 bridgehead atoms. The topological polar surface area (TPSA) is 58.6 Å². The third-order valence-electron chi connectivity index (χ3n) is 3.09. The molecule has 3 atom stereocenters. The monoisotopic (exact) mass is 271 g/mol. The number of aliphatic hydroxyl groups is 1. The molecule has 0 aromatic heterocycles. The lowest BCUT2D eigenvalue weighted by Crippen LogP contribution is -2.40. The predicted octanol–water partition coefficient (Wildman–Crippen LogP) is 3.11. The Kier molecular flexibility index (Phi) is 7.76. The molecule has 0 fully saturated rings. The van der Waals surface area contributed by atoms with Crippen LogP contribution in [0.2, 0.25) is 0 Å². The maximum absolute atomic E-state index is 11.7. The van der Waals surface area contributed by atoms with Gasteiger partial charge in [-0.05, 0) is 45.4 Å². The molecule has 0 heterocycles. The molecule has 112 valence electrons. The Labute approximate surface area is 117 Å². The molecule has 0 aromatic carbocycles. The highest BCUT2D eigenvalue weighted by Crippen LogP contribution is 2.20. The first-order valence-corrected chi connectivity index (χ1v) is 6.96. The Morgan fingerprint density at radius 2 is 2.05 bits per heavy atom. The van der Waals surface area contributed by atoms with Gasteiger partial charge in [0.1, 0.15) is 5.60 Å². The van der Waals surface area contributed by atoms with Crippen molar-refractivity contribution < 1.29 is 14.6 Å². The van der Waals surface area contributed by atoms with Gasteiger partial charge < -0.3 is 15.2 Å². The van der Waals surface area contributed by atoms with Crippen LogP contribution in [0.5, 0.6) is 0 Å². The minimum Gasteiger partial charge on any atom is -0.444 e. The van der Waals surface area contributed by atoms with Crippen molar-refractivity contribution >= 4 is 6.09 Å². The maximum atomic E-state index is 11.7. The quantitative estimate of drug-likeness (QED) is 0.699. The molecule has 0 aromatic rings. The summed E-state index contributed by atoms with van der Waals surface area (Å²) in [5.74, 6) is 0.330. The van der Waals surface area contributed by atoms with E-state index in [1.165, 1.54) is 0 Å². The van der Waals surface area contributed by atoms with Crippen molar-refractivity contribution in [1.29, 1.82) is 0 Å². The third-order valence-corrected chi connectivity index (χ3v) is 3.09. The molecule has 19 heavy (non-hydrogen) atoms. The van der Waals surface area contributed by atoms with Crippen LogP contribution in [0.1, 0.15) is 47.5 Å². The molecule has 0 saturated heterocycles. The summed E-state index contributed by atoms with van der Waals surface area (Å²) in [5.41, 5.74) is -0.487. The zero-order valence-corrected chi connectivity index (χ0v) is 12.9. The van der Waals surface area contributed by atoms with Crippen LogP contribution in [0.3, 0.4) is 0 Å². The van der Waals surface area contributed by atoms with Gasteiger partial charge in [-0.1, -0.05) is 19.9 Å². The van der Waals surface area contributed by atoms with Gasteiger partial charge in [-0.15, -0.1) is 6.58 Å². The molecule has 0 radical (unpaired) electrons. The largest absolute Gasteiger partial charge is 0.444 e. The van der Waals surface area contributed by atoms with Gasteiger partial charge in [-0.25, -0.2) is 4.79 Å². The number of nitrogens with one attached hydrogen (secondary N) is 1. The molecule has 0 saturated carbocycles. The Balaban J connectivity index is 4.42. The van der Waals surface area contributed by atoms with Crippen LogP contribution >= 0.6 is 0 Å². The highest BCUT2D eigenvalue weighted by atomic mass is 16.6. The van der Waals surface area contributed by atoms with E-state index in [4.69, 9.17) is 4.74 Å². The SMILES string of the molecule is C=CC(C[C@H](CC)NC(=O)OC(C)(C)C)[C@H](C)CO. The maximum Gasteiger partial charge on any atom is 0.407 e. The Morgan fingerprint density at radius 3 is 2.42 bits per heavy atom. The van der Waals surface area contributed by atoms with Gasteiger partial charge in [0.25, 0.3) is 0 Å². The first-order valence-electron chi connectivity index (χ1n) is 6.96. The average Bonchev–Trinajstić information content (AvgIpc) is 2.31. The molecule has 1 amide bonds. The molecule has 4 nitrogen and oxygen atoms in total. The van der Waals surface area contributed by atoms with E-state index in [-0.39, 0.29) is 30.6 Å². The zero-order chi connectivity index (χ0) is 15.1. The van der Waals surface area contributed by atoms with Crippen molar-refractivity contribution in [1.82, 2.24) is 5.32 Å². The zero-order valence-electron chi connectivity index (χ0n) is 12.9.